The second kappa shape index (κ2) is 9.17. The third kappa shape index (κ3) is 4.82. The van der Waals surface area contributed by atoms with Gasteiger partial charge in [0.1, 0.15) is 6.33 Å². The zero-order chi connectivity index (χ0) is 20.1. The molecular formula is C21H28N6O2. The molecule has 1 saturated carbocycles. The molecule has 1 aliphatic heterocycles. The first-order chi connectivity index (χ1) is 14.2. The number of H-pyrrole nitrogens is 1. The van der Waals surface area contributed by atoms with Gasteiger partial charge >= 0.3 is 0 Å². The largest absolute Gasteiger partial charge is 0.351 e. The van der Waals surface area contributed by atoms with Gasteiger partial charge in [-0.1, -0.05) is 25.0 Å². The second-order valence-corrected chi connectivity index (χ2v) is 7.82. The number of benzene rings is 1. The van der Waals surface area contributed by atoms with Gasteiger partial charge < -0.3 is 10.2 Å². The number of carbonyl (C=O) groups excluding carboxylic acids is 2. The molecule has 8 heteroatoms. The van der Waals surface area contributed by atoms with Crippen molar-refractivity contribution >= 4 is 11.8 Å². The van der Waals surface area contributed by atoms with Crippen LogP contribution in [0.25, 0.3) is 11.4 Å². The van der Waals surface area contributed by atoms with E-state index in [0.717, 1.165) is 51.1 Å². The van der Waals surface area contributed by atoms with Crippen molar-refractivity contribution in [1.29, 1.82) is 0 Å². The number of hydrogen-bond donors (Lipinski definition) is 2. The van der Waals surface area contributed by atoms with Gasteiger partial charge in [0.2, 0.25) is 5.91 Å². The van der Waals surface area contributed by atoms with E-state index in [4.69, 9.17) is 0 Å². The van der Waals surface area contributed by atoms with Crippen LogP contribution in [-0.4, -0.2) is 76.1 Å². The van der Waals surface area contributed by atoms with E-state index in [1.807, 2.05) is 23.1 Å². The Balaban J connectivity index is 1.20. The Morgan fingerprint density at radius 2 is 1.93 bits per heavy atom. The summed E-state index contributed by atoms with van der Waals surface area (Å²) in [5, 5.41) is 9.64. The predicted molar refractivity (Wildman–Crippen MR) is 109 cm³/mol. The van der Waals surface area contributed by atoms with Crippen molar-refractivity contribution in [2.45, 2.75) is 25.7 Å². The zero-order valence-electron chi connectivity index (χ0n) is 16.6. The molecule has 2 amide bonds. The molecule has 2 N–H and O–H groups in total. The van der Waals surface area contributed by atoms with Crippen molar-refractivity contribution < 1.29 is 9.59 Å². The minimum Gasteiger partial charge on any atom is -0.351 e. The lowest BCUT2D eigenvalue weighted by Crippen LogP contribution is -2.51. The number of piperazine rings is 1. The molecule has 0 atom stereocenters. The van der Waals surface area contributed by atoms with Crippen molar-refractivity contribution in [2.24, 2.45) is 5.92 Å². The molecule has 154 valence electrons. The summed E-state index contributed by atoms with van der Waals surface area (Å²) < 4.78 is 0. The first-order valence-electron chi connectivity index (χ1n) is 10.5. The van der Waals surface area contributed by atoms with Gasteiger partial charge in [0.15, 0.2) is 5.82 Å². The Hall–Kier alpha value is -2.74. The maximum atomic E-state index is 12.5. The van der Waals surface area contributed by atoms with Crippen LogP contribution in [-0.2, 0) is 4.79 Å². The molecule has 2 aromatic rings. The fraction of sp³-hybridized carbons (Fsp3) is 0.524. The molecule has 0 spiro atoms. The SMILES string of the molecule is O=C(NCCN1CCN(C(=O)C2CCCC2)CC1)c1cccc(-c2ncn[nH]2)c1. The van der Waals surface area contributed by atoms with Gasteiger partial charge in [0, 0.05) is 56.3 Å². The molecule has 2 fully saturated rings. The lowest BCUT2D eigenvalue weighted by atomic mass is 10.1. The van der Waals surface area contributed by atoms with E-state index in [0.29, 0.717) is 23.8 Å². The fourth-order valence-electron chi connectivity index (χ4n) is 4.20. The summed E-state index contributed by atoms with van der Waals surface area (Å²) in [4.78, 5) is 33.4. The third-order valence-electron chi connectivity index (χ3n) is 5.92. The van der Waals surface area contributed by atoms with Gasteiger partial charge in [-0.2, -0.15) is 5.10 Å². The summed E-state index contributed by atoms with van der Waals surface area (Å²) in [5.74, 6) is 1.15. The number of nitrogens with zero attached hydrogens (tertiary/aromatic N) is 4. The first-order valence-corrected chi connectivity index (χ1v) is 10.5. The third-order valence-corrected chi connectivity index (χ3v) is 5.92. The Labute approximate surface area is 170 Å². The number of hydrogen-bond acceptors (Lipinski definition) is 5. The van der Waals surface area contributed by atoms with Crippen LogP contribution in [0.15, 0.2) is 30.6 Å². The van der Waals surface area contributed by atoms with Crippen LogP contribution in [0.4, 0.5) is 0 Å². The summed E-state index contributed by atoms with van der Waals surface area (Å²) in [7, 11) is 0. The number of rotatable bonds is 6. The van der Waals surface area contributed by atoms with Crippen LogP contribution in [0.1, 0.15) is 36.0 Å². The van der Waals surface area contributed by atoms with E-state index in [1.165, 1.54) is 19.2 Å². The molecule has 1 aromatic heterocycles. The summed E-state index contributed by atoms with van der Waals surface area (Å²) >= 11 is 0. The minimum absolute atomic E-state index is 0.0959. The maximum Gasteiger partial charge on any atom is 0.251 e. The molecule has 2 heterocycles. The molecule has 0 radical (unpaired) electrons. The van der Waals surface area contributed by atoms with E-state index < -0.39 is 0 Å². The average molecular weight is 396 g/mol. The van der Waals surface area contributed by atoms with Crippen LogP contribution in [0.2, 0.25) is 0 Å². The Kier molecular flexibility index (Phi) is 6.19. The fourth-order valence-corrected chi connectivity index (χ4v) is 4.20. The lowest BCUT2D eigenvalue weighted by molar-refractivity contribution is -0.137. The Morgan fingerprint density at radius 3 is 2.66 bits per heavy atom. The van der Waals surface area contributed by atoms with Crippen LogP contribution >= 0.6 is 0 Å². The number of aromatic amines is 1. The molecular weight excluding hydrogens is 368 g/mol. The average Bonchev–Trinajstić information content (AvgIpc) is 3.48. The van der Waals surface area contributed by atoms with Gasteiger partial charge in [0.05, 0.1) is 0 Å². The van der Waals surface area contributed by atoms with Crippen molar-refractivity contribution in [3.8, 4) is 11.4 Å². The van der Waals surface area contributed by atoms with Crippen molar-refractivity contribution in [2.75, 3.05) is 39.3 Å². The Morgan fingerprint density at radius 1 is 1.14 bits per heavy atom. The summed E-state index contributed by atoms with van der Waals surface area (Å²) in [5.41, 5.74) is 1.43. The molecule has 4 rings (SSSR count). The molecule has 8 nitrogen and oxygen atoms in total. The lowest BCUT2D eigenvalue weighted by Gasteiger charge is -2.36. The first kappa shape index (κ1) is 19.6. The molecule has 0 bridgehead atoms. The van der Waals surface area contributed by atoms with E-state index in [1.54, 1.807) is 6.07 Å². The van der Waals surface area contributed by atoms with Gasteiger partial charge in [-0.3, -0.25) is 19.6 Å². The standard InChI is InChI=1S/C21H28N6O2/c28-20(18-7-3-6-17(14-18)19-23-15-24-25-19)22-8-9-26-10-12-27(13-11-26)21(29)16-4-1-2-5-16/h3,6-7,14-16H,1-2,4-5,8-13H2,(H,22,28)(H,23,24,25). The molecule has 1 saturated heterocycles. The predicted octanol–water partition coefficient (Wildman–Crippen LogP) is 1.54. The molecule has 0 unspecified atom stereocenters. The molecule has 2 aliphatic rings. The maximum absolute atomic E-state index is 12.5. The van der Waals surface area contributed by atoms with E-state index >= 15 is 0 Å². The highest BCUT2D eigenvalue weighted by Gasteiger charge is 2.29. The zero-order valence-corrected chi connectivity index (χ0v) is 16.6. The summed E-state index contributed by atoms with van der Waals surface area (Å²) in [6.45, 7) is 4.70. The molecule has 1 aromatic carbocycles. The number of aromatic nitrogens is 3. The topological polar surface area (TPSA) is 94.2 Å². The smallest absolute Gasteiger partial charge is 0.251 e. The van der Waals surface area contributed by atoms with E-state index in [-0.39, 0.29) is 11.8 Å². The minimum atomic E-state index is -0.0959. The van der Waals surface area contributed by atoms with E-state index in [2.05, 4.69) is 25.4 Å². The van der Waals surface area contributed by atoms with Crippen LogP contribution in [0.3, 0.4) is 0 Å². The van der Waals surface area contributed by atoms with Gasteiger partial charge in [-0.25, -0.2) is 4.98 Å². The van der Waals surface area contributed by atoms with Crippen LogP contribution in [0, 0.1) is 5.92 Å². The van der Waals surface area contributed by atoms with Gasteiger partial charge in [-0.15, -0.1) is 0 Å². The normalized spacial score (nSPS) is 18.1. The summed E-state index contributed by atoms with van der Waals surface area (Å²) in [6, 6.07) is 7.34. The highest BCUT2D eigenvalue weighted by Crippen LogP contribution is 2.26. The monoisotopic (exact) mass is 396 g/mol. The second-order valence-electron chi connectivity index (χ2n) is 7.82. The van der Waals surface area contributed by atoms with Gasteiger partial charge in [0.25, 0.3) is 5.91 Å². The molecule has 1 aliphatic carbocycles. The number of carbonyl (C=O) groups is 2. The highest BCUT2D eigenvalue weighted by atomic mass is 16.2. The number of amides is 2. The van der Waals surface area contributed by atoms with Gasteiger partial charge in [-0.05, 0) is 25.0 Å². The summed E-state index contributed by atoms with van der Waals surface area (Å²) in [6.07, 6.45) is 5.95. The van der Waals surface area contributed by atoms with Crippen LogP contribution in [0.5, 0.6) is 0 Å². The Bertz CT molecular complexity index is 823. The molecule has 29 heavy (non-hydrogen) atoms. The van der Waals surface area contributed by atoms with Crippen molar-refractivity contribution in [3.63, 3.8) is 0 Å². The van der Waals surface area contributed by atoms with E-state index in [9.17, 15) is 9.59 Å². The van der Waals surface area contributed by atoms with Crippen molar-refractivity contribution in [1.82, 2.24) is 30.3 Å². The van der Waals surface area contributed by atoms with Crippen molar-refractivity contribution in [3.05, 3.63) is 36.2 Å². The number of nitrogens with one attached hydrogen (secondary N) is 2. The highest BCUT2D eigenvalue weighted by molar-refractivity contribution is 5.95. The van der Waals surface area contributed by atoms with Crippen LogP contribution < -0.4 is 5.32 Å². The quantitative estimate of drug-likeness (QED) is 0.772.